The van der Waals surface area contributed by atoms with Gasteiger partial charge in [0, 0.05) is 0 Å². The van der Waals surface area contributed by atoms with Crippen LogP contribution in [-0.2, 0) is 10.4 Å². The zero-order valence-corrected chi connectivity index (χ0v) is 8.57. The van der Waals surface area contributed by atoms with Crippen molar-refractivity contribution in [3.63, 3.8) is 0 Å². The zero-order chi connectivity index (χ0) is 11.6. The van der Waals surface area contributed by atoms with Crippen LogP contribution in [0.4, 0.5) is 4.39 Å². The van der Waals surface area contributed by atoms with Gasteiger partial charge in [0.2, 0.25) is 6.17 Å². The maximum Gasteiger partial charge on any atom is 0.341 e. The lowest BCUT2D eigenvalue weighted by atomic mass is 9.88. The third-order valence-corrected chi connectivity index (χ3v) is 2.40. The van der Waals surface area contributed by atoms with Gasteiger partial charge in [-0.05, 0) is 25.0 Å². The van der Waals surface area contributed by atoms with Crippen LogP contribution in [0.5, 0.6) is 0 Å². The van der Waals surface area contributed by atoms with Crippen LogP contribution in [0.1, 0.15) is 18.1 Å². The standard InChI is InChI=1S/C11H13FO3/c1-7-5-3-4-6-8(7)11(2,15)9(12)10(13)14/h3-6,9,15H,1-2H3,(H,13,14). The third-order valence-electron chi connectivity index (χ3n) is 2.40. The Morgan fingerprint density at radius 1 is 1.47 bits per heavy atom. The molecule has 2 unspecified atom stereocenters. The molecule has 2 N–H and O–H groups in total. The molecule has 0 saturated heterocycles. The normalized spacial score (nSPS) is 16.8. The third kappa shape index (κ3) is 2.15. The number of halogens is 1. The Bertz CT molecular complexity index is 374. The van der Waals surface area contributed by atoms with Gasteiger partial charge in [-0.15, -0.1) is 0 Å². The molecule has 3 nitrogen and oxygen atoms in total. The van der Waals surface area contributed by atoms with Gasteiger partial charge in [0.15, 0.2) is 0 Å². The van der Waals surface area contributed by atoms with Crippen molar-refractivity contribution in [3.05, 3.63) is 35.4 Å². The van der Waals surface area contributed by atoms with E-state index >= 15 is 0 Å². The molecule has 0 saturated carbocycles. The second kappa shape index (κ2) is 3.98. The van der Waals surface area contributed by atoms with Crippen molar-refractivity contribution < 1.29 is 19.4 Å². The molecule has 0 aliphatic rings. The molecule has 2 atom stereocenters. The van der Waals surface area contributed by atoms with E-state index in [9.17, 15) is 14.3 Å². The average molecular weight is 212 g/mol. The second-order valence-corrected chi connectivity index (χ2v) is 3.66. The van der Waals surface area contributed by atoms with Crippen molar-refractivity contribution in [1.82, 2.24) is 0 Å². The molecule has 1 rings (SSSR count). The number of aliphatic hydroxyl groups is 1. The minimum atomic E-state index is -2.33. The van der Waals surface area contributed by atoms with E-state index in [1.54, 1.807) is 25.1 Å². The lowest BCUT2D eigenvalue weighted by Crippen LogP contribution is -2.39. The molecule has 0 heterocycles. The van der Waals surface area contributed by atoms with Gasteiger partial charge in [0.1, 0.15) is 5.60 Å². The Balaban J connectivity index is 3.16. The van der Waals surface area contributed by atoms with Crippen molar-refractivity contribution >= 4 is 5.97 Å². The summed E-state index contributed by atoms with van der Waals surface area (Å²) in [5.41, 5.74) is -1.05. The molecule has 15 heavy (non-hydrogen) atoms. The number of benzene rings is 1. The summed E-state index contributed by atoms with van der Waals surface area (Å²) in [5, 5.41) is 18.4. The molecular weight excluding hydrogens is 199 g/mol. The van der Waals surface area contributed by atoms with Crippen molar-refractivity contribution in [3.8, 4) is 0 Å². The number of aliphatic carboxylic acids is 1. The molecule has 0 aromatic heterocycles. The number of carbonyl (C=O) groups is 1. The van der Waals surface area contributed by atoms with Gasteiger partial charge in [0.05, 0.1) is 0 Å². The van der Waals surface area contributed by atoms with Crippen LogP contribution in [0, 0.1) is 6.92 Å². The first-order chi connectivity index (χ1) is 6.87. The fourth-order valence-electron chi connectivity index (χ4n) is 1.52. The minimum Gasteiger partial charge on any atom is -0.479 e. The molecule has 1 aromatic rings. The van der Waals surface area contributed by atoms with Crippen molar-refractivity contribution in [2.75, 3.05) is 0 Å². The first-order valence-corrected chi connectivity index (χ1v) is 4.52. The van der Waals surface area contributed by atoms with Crippen LogP contribution >= 0.6 is 0 Å². The predicted molar refractivity (Wildman–Crippen MR) is 53.3 cm³/mol. The highest BCUT2D eigenvalue weighted by atomic mass is 19.1. The van der Waals surface area contributed by atoms with Gasteiger partial charge < -0.3 is 10.2 Å². The fourth-order valence-corrected chi connectivity index (χ4v) is 1.52. The van der Waals surface area contributed by atoms with Gasteiger partial charge in [-0.1, -0.05) is 24.3 Å². The Labute approximate surface area is 87.2 Å². The Morgan fingerprint density at radius 3 is 2.47 bits per heavy atom. The van der Waals surface area contributed by atoms with Crippen LogP contribution in [0.2, 0.25) is 0 Å². The first kappa shape index (κ1) is 11.7. The average Bonchev–Trinajstić information content (AvgIpc) is 2.16. The monoisotopic (exact) mass is 212 g/mol. The van der Waals surface area contributed by atoms with E-state index in [1.807, 2.05) is 0 Å². The first-order valence-electron chi connectivity index (χ1n) is 4.52. The number of carboxylic acid groups (broad SMARTS) is 1. The molecule has 0 radical (unpaired) electrons. The molecule has 0 aliphatic carbocycles. The number of carboxylic acids is 1. The van der Waals surface area contributed by atoms with E-state index in [1.165, 1.54) is 6.07 Å². The summed E-state index contributed by atoms with van der Waals surface area (Å²) in [5.74, 6) is -1.66. The van der Waals surface area contributed by atoms with E-state index in [2.05, 4.69) is 0 Å². The summed E-state index contributed by atoms with van der Waals surface area (Å²) in [7, 11) is 0. The highest BCUT2D eigenvalue weighted by Crippen LogP contribution is 2.29. The summed E-state index contributed by atoms with van der Waals surface area (Å²) >= 11 is 0. The molecule has 4 heteroatoms. The summed E-state index contributed by atoms with van der Waals surface area (Å²) in [4.78, 5) is 10.5. The molecule has 0 bridgehead atoms. The maximum atomic E-state index is 13.3. The van der Waals surface area contributed by atoms with Gasteiger partial charge in [-0.3, -0.25) is 0 Å². The lowest BCUT2D eigenvalue weighted by Gasteiger charge is -2.26. The van der Waals surface area contributed by atoms with Gasteiger partial charge in [-0.25, -0.2) is 9.18 Å². The molecule has 0 aliphatic heterocycles. The molecule has 1 aromatic carbocycles. The summed E-state index contributed by atoms with van der Waals surface area (Å²) in [6.07, 6.45) is -2.33. The van der Waals surface area contributed by atoms with Crippen molar-refractivity contribution in [2.24, 2.45) is 0 Å². The van der Waals surface area contributed by atoms with Crippen LogP contribution < -0.4 is 0 Å². The number of rotatable bonds is 3. The van der Waals surface area contributed by atoms with Gasteiger partial charge in [0.25, 0.3) is 0 Å². The topological polar surface area (TPSA) is 57.5 Å². The van der Waals surface area contributed by atoms with Gasteiger partial charge in [-0.2, -0.15) is 0 Å². The predicted octanol–water partition coefficient (Wildman–Crippen LogP) is 1.63. The number of alkyl halides is 1. The number of hydrogen-bond acceptors (Lipinski definition) is 2. The van der Waals surface area contributed by atoms with E-state index in [0.717, 1.165) is 6.92 Å². The highest BCUT2D eigenvalue weighted by Gasteiger charge is 2.40. The number of aryl methyl sites for hydroxylation is 1. The van der Waals surface area contributed by atoms with Crippen LogP contribution in [-0.4, -0.2) is 22.4 Å². The van der Waals surface area contributed by atoms with Crippen molar-refractivity contribution in [2.45, 2.75) is 25.6 Å². The van der Waals surface area contributed by atoms with E-state index in [4.69, 9.17) is 5.11 Å². The molecular formula is C11H13FO3. The van der Waals surface area contributed by atoms with E-state index < -0.39 is 17.7 Å². The Kier molecular flexibility index (Phi) is 3.09. The summed E-state index contributed by atoms with van der Waals surface area (Å²) < 4.78 is 13.3. The molecule has 0 amide bonds. The van der Waals surface area contributed by atoms with Crippen LogP contribution in [0.25, 0.3) is 0 Å². The zero-order valence-electron chi connectivity index (χ0n) is 8.57. The minimum absolute atomic E-state index is 0.292. The summed E-state index contributed by atoms with van der Waals surface area (Å²) in [6.45, 7) is 2.85. The van der Waals surface area contributed by atoms with E-state index in [0.29, 0.717) is 11.1 Å². The van der Waals surface area contributed by atoms with Crippen LogP contribution in [0.3, 0.4) is 0 Å². The smallest absolute Gasteiger partial charge is 0.341 e. The highest BCUT2D eigenvalue weighted by molar-refractivity contribution is 5.74. The quantitative estimate of drug-likeness (QED) is 0.800. The molecule has 0 fully saturated rings. The van der Waals surface area contributed by atoms with Crippen LogP contribution in [0.15, 0.2) is 24.3 Å². The van der Waals surface area contributed by atoms with Crippen molar-refractivity contribution in [1.29, 1.82) is 0 Å². The maximum absolute atomic E-state index is 13.3. The largest absolute Gasteiger partial charge is 0.479 e. The number of hydrogen-bond donors (Lipinski definition) is 2. The lowest BCUT2D eigenvalue weighted by molar-refractivity contribution is -0.153. The molecule has 82 valence electrons. The Hall–Kier alpha value is -1.42. The molecule has 0 spiro atoms. The SMILES string of the molecule is Cc1ccccc1C(C)(O)C(F)C(=O)O. The second-order valence-electron chi connectivity index (χ2n) is 3.66. The van der Waals surface area contributed by atoms with E-state index in [-0.39, 0.29) is 0 Å². The Morgan fingerprint density at radius 2 is 2.00 bits per heavy atom. The fraction of sp³-hybridized carbons (Fsp3) is 0.364. The summed E-state index contributed by atoms with van der Waals surface area (Å²) in [6, 6.07) is 6.58. The van der Waals surface area contributed by atoms with Gasteiger partial charge >= 0.3 is 5.97 Å².